The first-order chi connectivity index (χ1) is 9.08. The number of nitrogens with one attached hydrogen (secondary N) is 1. The maximum absolute atomic E-state index is 12.9. The van der Waals surface area contributed by atoms with Gasteiger partial charge in [-0.15, -0.1) is 0 Å². The summed E-state index contributed by atoms with van der Waals surface area (Å²) in [7, 11) is 0. The minimum absolute atomic E-state index is 0.118. The van der Waals surface area contributed by atoms with Gasteiger partial charge in [-0.2, -0.15) is 13.2 Å². The summed E-state index contributed by atoms with van der Waals surface area (Å²) in [6.45, 7) is 7.53. The third-order valence-electron chi connectivity index (χ3n) is 3.52. The lowest BCUT2D eigenvalue weighted by molar-refractivity contribution is -0.137. The Bertz CT molecular complexity index is 500. The van der Waals surface area contributed by atoms with Gasteiger partial charge in [-0.1, -0.05) is 15.9 Å². The van der Waals surface area contributed by atoms with E-state index in [4.69, 9.17) is 0 Å². The Kier molecular flexibility index (Phi) is 4.08. The Morgan fingerprint density at radius 3 is 2.55 bits per heavy atom. The number of benzene rings is 1. The Morgan fingerprint density at radius 1 is 1.30 bits per heavy atom. The fourth-order valence-corrected chi connectivity index (χ4v) is 2.90. The molecule has 0 saturated carbocycles. The monoisotopic (exact) mass is 350 g/mol. The molecule has 2 rings (SSSR count). The van der Waals surface area contributed by atoms with Gasteiger partial charge in [-0.25, -0.2) is 0 Å². The number of anilines is 1. The molecular formula is C14H18BrF3N2. The second-order valence-corrected chi connectivity index (χ2v) is 6.85. The van der Waals surface area contributed by atoms with Crippen molar-refractivity contribution in [2.45, 2.75) is 38.5 Å². The van der Waals surface area contributed by atoms with E-state index in [9.17, 15) is 13.2 Å². The molecule has 1 saturated heterocycles. The van der Waals surface area contributed by atoms with E-state index in [0.29, 0.717) is 16.7 Å². The molecule has 1 aliphatic rings. The SMILES string of the molecule is CC1CNC(C)(C)CN1c1cc(Br)cc(C(F)(F)F)c1. The molecule has 20 heavy (non-hydrogen) atoms. The van der Waals surface area contributed by atoms with Crippen molar-refractivity contribution in [1.29, 1.82) is 0 Å². The molecule has 1 aromatic carbocycles. The molecule has 1 N–H and O–H groups in total. The fraction of sp³-hybridized carbons (Fsp3) is 0.571. The molecule has 112 valence electrons. The summed E-state index contributed by atoms with van der Waals surface area (Å²) in [5, 5.41) is 3.39. The standard InChI is InChI=1S/C14H18BrF3N2/c1-9-7-19-13(2,3)8-20(9)12-5-10(14(16,17)18)4-11(15)6-12/h4-6,9,19H,7-8H2,1-3H3. The number of hydrogen-bond acceptors (Lipinski definition) is 2. The maximum atomic E-state index is 12.9. The number of halogens is 4. The minimum atomic E-state index is -4.33. The molecule has 6 heteroatoms. The molecule has 1 atom stereocenters. The van der Waals surface area contributed by atoms with Crippen LogP contribution in [0.15, 0.2) is 22.7 Å². The van der Waals surface area contributed by atoms with Crippen LogP contribution in [0, 0.1) is 0 Å². The van der Waals surface area contributed by atoms with Crippen LogP contribution >= 0.6 is 15.9 Å². The molecule has 1 fully saturated rings. The van der Waals surface area contributed by atoms with Crippen molar-refractivity contribution in [2.24, 2.45) is 0 Å². The van der Waals surface area contributed by atoms with Gasteiger partial charge in [0.25, 0.3) is 0 Å². The van der Waals surface area contributed by atoms with Gasteiger partial charge >= 0.3 is 6.18 Å². The Hall–Kier alpha value is -0.750. The van der Waals surface area contributed by atoms with Gasteiger partial charge < -0.3 is 10.2 Å². The average Bonchev–Trinajstić information content (AvgIpc) is 2.30. The highest BCUT2D eigenvalue weighted by Crippen LogP contribution is 2.35. The second-order valence-electron chi connectivity index (χ2n) is 5.94. The molecule has 1 aromatic rings. The average molecular weight is 351 g/mol. The molecule has 1 unspecified atom stereocenters. The maximum Gasteiger partial charge on any atom is 0.416 e. The van der Waals surface area contributed by atoms with Crippen molar-refractivity contribution in [3.63, 3.8) is 0 Å². The number of piperazine rings is 1. The minimum Gasteiger partial charge on any atom is -0.366 e. The molecule has 0 amide bonds. The van der Waals surface area contributed by atoms with Gasteiger partial charge in [0, 0.05) is 34.8 Å². The van der Waals surface area contributed by atoms with Gasteiger partial charge in [-0.05, 0) is 39.0 Å². The van der Waals surface area contributed by atoms with Crippen molar-refractivity contribution in [2.75, 3.05) is 18.0 Å². The van der Waals surface area contributed by atoms with E-state index in [-0.39, 0.29) is 11.6 Å². The zero-order valence-corrected chi connectivity index (χ0v) is 13.3. The smallest absolute Gasteiger partial charge is 0.366 e. The van der Waals surface area contributed by atoms with Crippen LogP contribution in [0.2, 0.25) is 0 Å². The first kappa shape index (κ1) is 15.6. The van der Waals surface area contributed by atoms with Crippen LogP contribution in [0.25, 0.3) is 0 Å². The fourth-order valence-electron chi connectivity index (χ4n) is 2.42. The van der Waals surface area contributed by atoms with Crippen LogP contribution in [0.4, 0.5) is 18.9 Å². The van der Waals surface area contributed by atoms with Crippen LogP contribution < -0.4 is 10.2 Å². The Labute approximate surface area is 125 Å². The molecule has 1 aliphatic heterocycles. The lowest BCUT2D eigenvalue weighted by Gasteiger charge is -2.45. The third-order valence-corrected chi connectivity index (χ3v) is 3.97. The highest BCUT2D eigenvalue weighted by molar-refractivity contribution is 9.10. The van der Waals surface area contributed by atoms with Gasteiger partial charge in [0.05, 0.1) is 5.56 Å². The summed E-state index contributed by atoms with van der Waals surface area (Å²) in [6.07, 6.45) is -4.33. The summed E-state index contributed by atoms with van der Waals surface area (Å²) in [6, 6.07) is 4.23. The van der Waals surface area contributed by atoms with Crippen LogP contribution in [0.1, 0.15) is 26.3 Å². The van der Waals surface area contributed by atoms with Crippen molar-refractivity contribution < 1.29 is 13.2 Å². The molecule has 0 bridgehead atoms. The first-order valence-electron chi connectivity index (χ1n) is 6.48. The summed E-state index contributed by atoms with van der Waals surface area (Å²) in [5.41, 5.74) is -0.132. The highest BCUT2D eigenvalue weighted by atomic mass is 79.9. The topological polar surface area (TPSA) is 15.3 Å². The summed E-state index contributed by atoms with van der Waals surface area (Å²) < 4.78 is 39.2. The van der Waals surface area contributed by atoms with E-state index in [1.54, 1.807) is 6.07 Å². The molecule has 0 spiro atoms. The van der Waals surface area contributed by atoms with E-state index < -0.39 is 11.7 Å². The normalized spacial score (nSPS) is 22.9. The summed E-state index contributed by atoms with van der Waals surface area (Å²) in [4.78, 5) is 2.02. The first-order valence-corrected chi connectivity index (χ1v) is 7.27. The van der Waals surface area contributed by atoms with Crippen LogP contribution in [0.5, 0.6) is 0 Å². The van der Waals surface area contributed by atoms with E-state index in [2.05, 4.69) is 35.1 Å². The second kappa shape index (κ2) is 5.22. The molecule has 0 radical (unpaired) electrons. The van der Waals surface area contributed by atoms with E-state index in [1.807, 2.05) is 11.8 Å². The van der Waals surface area contributed by atoms with E-state index >= 15 is 0 Å². The number of nitrogens with zero attached hydrogens (tertiary/aromatic N) is 1. The lowest BCUT2D eigenvalue weighted by Crippen LogP contribution is -2.61. The molecule has 0 aliphatic carbocycles. The third kappa shape index (κ3) is 3.47. The van der Waals surface area contributed by atoms with E-state index in [1.165, 1.54) is 6.07 Å². The number of hydrogen-bond donors (Lipinski definition) is 1. The highest BCUT2D eigenvalue weighted by Gasteiger charge is 2.34. The van der Waals surface area contributed by atoms with Crippen molar-refractivity contribution in [1.82, 2.24) is 5.32 Å². The summed E-state index contributed by atoms with van der Waals surface area (Å²) in [5.74, 6) is 0. The van der Waals surface area contributed by atoms with Crippen molar-refractivity contribution >= 4 is 21.6 Å². The number of alkyl halides is 3. The predicted molar refractivity (Wildman–Crippen MR) is 78.0 cm³/mol. The van der Waals surface area contributed by atoms with E-state index in [0.717, 1.165) is 12.6 Å². The van der Waals surface area contributed by atoms with Crippen molar-refractivity contribution in [3.8, 4) is 0 Å². The quantitative estimate of drug-likeness (QED) is 0.821. The predicted octanol–water partition coefficient (Wildman–Crippen LogP) is 4.04. The van der Waals surface area contributed by atoms with Gasteiger partial charge in [0.15, 0.2) is 0 Å². The summed E-state index contributed by atoms with van der Waals surface area (Å²) >= 11 is 3.18. The van der Waals surface area contributed by atoms with Gasteiger partial charge in [0.1, 0.15) is 0 Å². The Morgan fingerprint density at radius 2 is 1.95 bits per heavy atom. The molecular weight excluding hydrogens is 333 g/mol. The lowest BCUT2D eigenvalue weighted by atomic mass is 9.98. The van der Waals surface area contributed by atoms with Crippen LogP contribution in [-0.2, 0) is 6.18 Å². The van der Waals surface area contributed by atoms with Gasteiger partial charge in [0.2, 0.25) is 0 Å². The molecule has 1 heterocycles. The van der Waals surface area contributed by atoms with Gasteiger partial charge in [-0.3, -0.25) is 0 Å². The van der Waals surface area contributed by atoms with Crippen LogP contribution in [-0.4, -0.2) is 24.7 Å². The van der Waals surface area contributed by atoms with Crippen LogP contribution in [0.3, 0.4) is 0 Å². The van der Waals surface area contributed by atoms with Crippen molar-refractivity contribution in [3.05, 3.63) is 28.2 Å². The number of rotatable bonds is 1. The zero-order valence-electron chi connectivity index (χ0n) is 11.7. The Balaban J connectivity index is 2.39. The largest absolute Gasteiger partial charge is 0.416 e. The molecule has 0 aromatic heterocycles. The zero-order chi connectivity index (χ0) is 15.1. The molecule has 2 nitrogen and oxygen atoms in total.